The van der Waals surface area contributed by atoms with E-state index in [1.807, 2.05) is 30.5 Å². The summed E-state index contributed by atoms with van der Waals surface area (Å²) in [7, 11) is 0. The maximum Gasteiger partial charge on any atom is 0.176 e. The van der Waals surface area contributed by atoms with Gasteiger partial charge in [-0.25, -0.2) is 0 Å². The van der Waals surface area contributed by atoms with Crippen LogP contribution < -0.4 is 0 Å². The van der Waals surface area contributed by atoms with Gasteiger partial charge < -0.3 is 0 Å². The van der Waals surface area contributed by atoms with E-state index in [2.05, 4.69) is 29.3 Å². The van der Waals surface area contributed by atoms with Crippen molar-refractivity contribution in [2.45, 2.75) is 18.4 Å². The van der Waals surface area contributed by atoms with Gasteiger partial charge in [-0.2, -0.15) is 0 Å². The molecule has 0 fully saturated rings. The largest absolute Gasteiger partial charge is 0.293 e. The maximum absolute atomic E-state index is 12.3. The van der Waals surface area contributed by atoms with Crippen LogP contribution in [0.3, 0.4) is 0 Å². The lowest BCUT2D eigenvalue weighted by Gasteiger charge is -2.18. The molecule has 0 saturated heterocycles. The molecule has 0 radical (unpaired) electrons. The van der Waals surface area contributed by atoms with Gasteiger partial charge in [0.2, 0.25) is 0 Å². The Kier molecular flexibility index (Phi) is 5.83. The maximum atomic E-state index is 12.3. The van der Waals surface area contributed by atoms with Crippen molar-refractivity contribution < 1.29 is 4.79 Å². The van der Waals surface area contributed by atoms with Gasteiger partial charge in [0, 0.05) is 21.9 Å². The summed E-state index contributed by atoms with van der Waals surface area (Å²) < 4.78 is 0. The Hall–Kier alpha value is -1.10. The van der Waals surface area contributed by atoms with Gasteiger partial charge in [-0.3, -0.25) is 9.69 Å². The third-order valence-electron chi connectivity index (χ3n) is 3.19. The molecule has 106 valence electrons. The molecule has 2 rings (SSSR count). The van der Waals surface area contributed by atoms with Crippen LogP contribution in [0, 0.1) is 0 Å². The lowest BCUT2D eigenvalue weighted by atomic mass is 10.1. The molecule has 0 atom stereocenters. The van der Waals surface area contributed by atoms with Gasteiger partial charge >= 0.3 is 0 Å². The molecule has 0 spiro atoms. The lowest BCUT2D eigenvalue weighted by Crippen LogP contribution is -2.29. The highest BCUT2D eigenvalue weighted by atomic mass is 32.2. The van der Waals surface area contributed by atoms with Crippen LogP contribution in [0.5, 0.6) is 0 Å². The number of ketones is 1. The molecule has 1 heterocycles. The SMILES string of the molecule is CCN(CC(=O)c1ccc(SC)cc1)Cc1cccs1. The average Bonchev–Trinajstić information content (AvgIpc) is 2.99. The normalized spacial score (nSPS) is 10.9. The summed E-state index contributed by atoms with van der Waals surface area (Å²) in [5.74, 6) is 0.191. The summed E-state index contributed by atoms with van der Waals surface area (Å²) in [4.78, 5) is 17.0. The Labute approximate surface area is 128 Å². The molecule has 0 N–H and O–H groups in total. The van der Waals surface area contributed by atoms with Crippen molar-refractivity contribution in [3.05, 3.63) is 52.2 Å². The molecule has 2 nitrogen and oxygen atoms in total. The van der Waals surface area contributed by atoms with Crippen LogP contribution in [0.4, 0.5) is 0 Å². The minimum Gasteiger partial charge on any atom is -0.293 e. The molecule has 0 aliphatic rings. The molecule has 4 heteroatoms. The zero-order chi connectivity index (χ0) is 14.4. The van der Waals surface area contributed by atoms with Crippen LogP contribution in [0.2, 0.25) is 0 Å². The Morgan fingerprint density at radius 3 is 2.55 bits per heavy atom. The van der Waals surface area contributed by atoms with Crippen LogP contribution >= 0.6 is 23.1 Å². The Morgan fingerprint density at radius 1 is 1.25 bits per heavy atom. The molecule has 2 aromatic rings. The predicted octanol–water partition coefficient (Wildman–Crippen LogP) is 4.17. The van der Waals surface area contributed by atoms with Gasteiger partial charge in [-0.05, 0) is 36.4 Å². The highest BCUT2D eigenvalue weighted by Crippen LogP contribution is 2.16. The van der Waals surface area contributed by atoms with Crippen LogP contribution in [0.15, 0.2) is 46.7 Å². The van der Waals surface area contributed by atoms with E-state index >= 15 is 0 Å². The molecule has 0 bridgehead atoms. The van der Waals surface area contributed by atoms with Crippen LogP contribution in [0.1, 0.15) is 22.2 Å². The first kappa shape index (κ1) is 15.3. The molecule has 1 aromatic heterocycles. The van der Waals surface area contributed by atoms with E-state index < -0.39 is 0 Å². The van der Waals surface area contributed by atoms with E-state index in [1.54, 1.807) is 23.1 Å². The summed E-state index contributed by atoms with van der Waals surface area (Å²) in [6, 6.07) is 12.0. The lowest BCUT2D eigenvalue weighted by molar-refractivity contribution is 0.0930. The number of nitrogens with zero attached hydrogens (tertiary/aromatic N) is 1. The number of rotatable bonds is 7. The second kappa shape index (κ2) is 7.62. The highest BCUT2D eigenvalue weighted by molar-refractivity contribution is 7.98. The van der Waals surface area contributed by atoms with Gasteiger partial charge in [-0.1, -0.05) is 25.1 Å². The zero-order valence-corrected chi connectivity index (χ0v) is 13.5. The van der Waals surface area contributed by atoms with Crippen molar-refractivity contribution in [1.29, 1.82) is 0 Å². The standard InChI is InChI=1S/C16H19NOS2/c1-3-17(11-15-5-4-10-20-15)12-16(18)13-6-8-14(19-2)9-7-13/h4-10H,3,11-12H2,1-2H3. The fraction of sp³-hybridized carbons (Fsp3) is 0.312. The van der Waals surface area contributed by atoms with E-state index in [9.17, 15) is 4.79 Å². The first-order valence-corrected chi connectivity index (χ1v) is 8.75. The first-order valence-electron chi connectivity index (χ1n) is 6.65. The fourth-order valence-corrected chi connectivity index (χ4v) is 3.13. The number of hydrogen-bond acceptors (Lipinski definition) is 4. The van der Waals surface area contributed by atoms with Gasteiger partial charge in [0.25, 0.3) is 0 Å². The van der Waals surface area contributed by atoms with Crippen LogP contribution in [-0.4, -0.2) is 30.0 Å². The van der Waals surface area contributed by atoms with E-state index in [0.717, 1.165) is 18.7 Å². The Morgan fingerprint density at radius 2 is 2.00 bits per heavy atom. The van der Waals surface area contributed by atoms with E-state index in [-0.39, 0.29) is 5.78 Å². The van der Waals surface area contributed by atoms with Crippen molar-refractivity contribution >= 4 is 28.9 Å². The van der Waals surface area contributed by atoms with Gasteiger partial charge in [0.1, 0.15) is 0 Å². The molecular formula is C16H19NOS2. The van der Waals surface area contributed by atoms with E-state index in [4.69, 9.17) is 0 Å². The van der Waals surface area contributed by atoms with Crippen LogP contribution in [-0.2, 0) is 6.54 Å². The molecule has 0 aliphatic heterocycles. The minimum atomic E-state index is 0.191. The topological polar surface area (TPSA) is 20.3 Å². The second-order valence-electron chi connectivity index (χ2n) is 4.53. The van der Waals surface area contributed by atoms with Gasteiger partial charge in [0.15, 0.2) is 5.78 Å². The smallest absolute Gasteiger partial charge is 0.176 e. The number of benzene rings is 1. The highest BCUT2D eigenvalue weighted by Gasteiger charge is 2.12. The number of hydrogen-bond donors (Lipinski definition) is 0. The van der Waals surface area contributed by atoms with Crippen molar-refractivity contribution in [2.24, 2.45) is 0 Å². The molecule has 0 unspecified atom stereocenters. The quantitative estimate of drug-likeness (QED) is 0.565. The Bertz CT molecular complexity index is 534. The van der Waals surface area contributed by atoms with Crippen molar-refractivity contribution in [2.75, 3.05) is 19.3 Å². The molecule has 1 aromatic carbocycles. The van der Waals surface area contributed by atoms with Crippen molar-refractivity contribution in [1.82, 2.24) is 4.90 Å². The second-order valence-corrected chi connectivity index (χ2v) is 6.45. The number of likely N-dealkylation sites (N-methyl/N-ethyl adjacent to an activating group) is 1. The summed E-state index contributed by atoms with van der Waals surface area (Å²) >= 11 is 3.43. The molecule has 0 saturated carbocycles. The number of thiophene rings is 1. The van der Waals surface area contributed by atoms with Gasteiger partial charge in [0.05, 0.1) is 6.54 Å². The fourth-order valence-electron chi connectivity index (χ4n) is 1.97. The molecule has 0 amide bonds. The monoisotopic (exact) mass is 305 g/mol. The third-order valence-corrected chi connectivity index (χ3v) is 4.79. The van der Waals surface area contributed by atoms with E-state index in [0.29, 0.717) is 6.54 Å². The number of carbonyl (C=O) groups excluding carboxylic acids is 1. The van der Waals surface area contributed by atoms with E-state index in [1.165, 1.54) is 9.77 Å². The zero-order valence-electron chi connectivity index (χ0n) is 11.8. The summed E-state index contributed by atoms with van der Waals surface area (Å²) in [5.41, 5.74) is 0.799. The minimum absolute atomic E-state index is 0.191. The van der Waals surface area contributed by atoms with Crippen molar-refractivity contribution in [3.8, 4) is 0 Å². The van der Waals surface area contributed by atoms with Crippen LogP contribution in [0.25, 0.3) is 0 Å². The summed E-state index contributed by atoms with van der Waals surface area (Å²) in [6.45, 7) is 4.31. The number of carbonyl (C=O) groups is 1. The Balaban J connectivity index is 1.97. The predicted molar refractivity (Wildman–Crippen MR) is 87.8 cm³/mol. The molecule has 0 aliphatic carbocycles. The average molecular weight is 305 g/mol. The third kappa shape index (κ3) is 4.20. The number of Topliss-reactive ketones (excluding diaryl/α,β-unsaturated/α-hetero) is 1. The van der Waals surface area contributed by atoms with Gasteiger partial charge in [-0.15, -0.1) is 23.1 Å². The first-order chi connectivity index (χ1) is 9.72. The summed E-state index contributed by atoms with van der Waals surface area (Å²) in [6.07, 6.45) is 2.04. The summed E-state index contributed by atoms with van der Waals surface area (Å²) in [5, 5.41) is 2.08. The molecule has 20 heavy (non-hydrogen) atoms. The number of thioether (sulfide) groups is 1. The molecular weight excluding hydrogens is 286 g/mol. The van der Waals surface area contributed by atoms with Crippen molar-refractivity contribution in [3.63, 3.8) is 0 Å².